The van der Waals surface area contributed by atoms with E-state index in [0.717, 1.165) is 10.8 Å². The van der Waals surface area contributed by atoms with E-state index < -0.39 is 17.2 Å². The van der Waals surface area contributed by atoms with Gasteiger partial charge in [-0.25, -0.2) is 13.3 Å². The predicted molar refractivity (Wildman–Crippen MR) is 129 cm³/mol. The Morgan fingerprint density at radius 3 is 2.18 bits per heavy atom. The number of ether oxygens (including phenoxy) is 1. The normalized spacial score (nSPS) is 11.3. The first-order valence-corrected chi connectivity index (χ1v) is 11.0. The molecule has 2 N–H and O–H groups in total. The fourth-order valence-electron chi connectivity index (χ4n) is 3.50. The van der Waals surface area contributed by atoms with Crippen LogP contribution in [0.25, 0.3) is 10.8 Å². The molecule has 0 saturated heterocycles. The number of fused-ring (bicyclic) bond motifs is 1. The summed E-state index contributed by atoms with van der Waals surface area (Å²) in [4.78, 5) is 11.0. The van der Waals surface area contributed by atoms with E-state index in [2.05, 4.69) is 11.8 Å². The predicted octanol–water partition coefficient (Wildman–Crippen LogP) is 5.22. The lowest BCUT2D eigenvalue weighted by Gasteiger charge is -2.23. The van der Waals surface area contributed by atoms with Crippen molar-refractivity contribution in [3.63, 3.8) is 0 Å². The van der Waals surface area contributed by atoms with Crippen LogP contribution in [-0.2, 0) is 11.3 Å². The second-order valence-corrected chi connectivity index (χ2v) is 7.83. The van der Waals surface area contributed by atoms with Crippen LogP contribution in [0.3, 0.4) is 0 Å². The average Bonchev–Trinajstić information content (AvgIpc) is 2.83. The molecule has 4 aromatic rings. The number of carboxylic acid groups (broad SMARTS) is 1. The smallest absolute Gasteiger partial charge is 0.335 e. The van der Waals surface area contributed by atoms with Gasteiger partial charge in [-0.2, -0.15) is 0 Å². The van der Waals surface area contributed by atoms with Crippen LogP contribution < -0.4 is 9.04 Å². The highest BCUT2D eigenvalue weighted by Gasteiger charge is 2.21. The van der Waals surface area contributed by atoms with Crippen LogP contribution >= 0.6 is 0 Å². The van der Waals surface area contributed by atoms with Crippen molar-refractivity contribution in [3.05, 3.63) is 102 Å². The quantitative estimate of drug-likeness (QED) is 0.317. The van der Waals surface area contributed by atoms with E-state index in [9.17, 15) is 13.6 Å². The number of carboxylic acids is 1. The molecule has 4 rings (SSSR count). The van der Waals surface area contributed by atoms with Crippen LogP contribution in [0.1, 0.15) is 21.5 Å². The van der Waals surface area contributed by atoms with Gasteiger partial charge in [0.05, 0.1) is 24.0 Å². The highest BCUT2D eigenvalue weighted by Crippen LogP contribution is 2.38. The number of nitrogens with zero attached hydrogens (tertiary/aromatic N) is 1. The van der Waals surface area contributed by atoms with Gasteiger partial charge in [-0.3, -0.25) is 4.55 Å². The summed E-state index contributed by atoms with van der Waals surface area (Å²) in [6, 6.07) is 24.3. The lowest BCUT2D eigenvalue weighted by atomic mass is 10.1. The highest BCUT2D eigenvalue weighted by molar-refractivity contribution is 7.81. The van der Waals surface area contributed by atoms with Crippen molar-refractivity contribution in [2.24, 2.45) is 0 Å². The van der Waals surface area contributed by atoms with Gasteiger partial charge in [0, 0.05) is 21.9 Å². The molecular weight excluding hydrogens is 438 g/mol. The number of aromatic carboxylic acids is 1. The van der Waals surface area contributed by atoms with Gasteiger partial charge in [0.2, 0.25) is 0 Å². The maximum atomic E-state index is 12.5. The Morgan fingerprint density at radius 2 is 1.52 bits per heavy atom. The summed E-state index contributed by atoms with van der Waals surface area (Å²) in [5.74, 6) is 5.70. The Labute approximate surface area is 193 Å². The molecule has 0 radical (unpaired) electrons. The Hall–Kier alpha value is -4.12. The number of methoxy groups -OCH3 is 1. The second kappa shape index (κ2) is 9.57. The van der Waals surface area contributed by atoms with Crippen molar-refractivity contribution >= 4 is 39.4 Å². The first kappa shape index (κ1) is 22.1. The molecule has 0 aliphatic rings. The first-order chi connectivity index (χ1) is 16.0. The fraction of sp³-hybridized carbons (Fsp3) is 0.0385. The number of benzene rings is 4. The third-order valence-electron chi connectivity index (χ3n) is 5.05. The molecule has 0 spiro atoms. The minimum atomic E-state index is -2.38. The van der Waals surface area contributed by atoms with Gasteiger partial charge in [-0.15, -0.1) is 0 Å². The van der Waals surface area contributed by atoms with E-state index in [1.54, 1.807) is 55.6 Å². The minimum absolute atomic E-state index is 0.175. The van der Waals surface area contributed by atoms with Crippen molar-refractivity contribution in [1.29, 1.82) is 0 Å². The molecule has 4 aromatic carbocycles. The van der Waals surface area contributed by atoms with Crippen molar-refractivity contribution in [1.82, 2.24) is 0 Å². The molecule has 6 nitrogen and oxygen atoms in total. The van der Waals surface area contributed by atoms with Gasteiger partial charge in [0.25, 0.3) is 11.3 Å². The summed E-state index contributed by atoms with van der Waals surface area (Å²) < 4.78 is 29.6. The highest BCUT2D eigenvalue weighted by atomic mass is 32.2. The molecule has 0 heterocycles. The largest absolute Gasteiger partial charge is 0.496 e. The molecule has 33 heavy (non-hydrogen) atoms. The van der Waals surface area contributed by atoms with Crippen molar-refractivity contribution < 1.29 is 23.4 Å². The van der Waals surface area contributed by atoms with Crippen LogP contribution in [0.15, 0.2) is 84.9 Å². The molecule has 7 heteroatoms. The van der Waals surface area contributed by atoms with Crippen molar-refractivity contribution in [2.45, 2.75) is 0 Å². The number of para-hydroxylation sites is 1. The molecule has 1 unspecified atom stereocenters. The zero-order valence-electron chi connectivity index (χ0n) is 17.6. The summed E-state index contributed by atoms with van der Waals surface area (Å²) in [5, 5.41) is 10.6. The molecule has 0 bridgehead atoms. The standard InChI is InChI=1S/C26H19NO5S/c1-32-25-17-16-24(21-7-3-4-8-22(21)25)27(33(30)31)23-9-5-2-6-19(23)13-10-18-11-14-20(15-12-18)26(28)29/h2-9,11-12,14-17H,1H3,(H,28,29)(H,30,31). The van der Waals surface area contributed by atoms with Gasteiger partial charge >= 0.3 is 5.97 Å². The summed E-state index contributed by atoms with van der Waals surface area (Å²) in [5.41, 5.74) is 2.34. The SMILES string of the molecule is COc1ccc(N(c2ccccc2C#Cc2ccc(C(=O)O)cc2)S(=O)O)c2ccccc12. The van der Waals surface area contributed by atoms with E-state index in [1.165, 1.54) is 16.4 Å². The zero-order valence-corrected chi connectivity index (χ0v) is 18.4. The summed E-state index contributed by atoms with van der Waals surface area (Å²) >= 11 is -2.38. The third kappa shape index (κ3) is 4.58. The third-order valence-corrected chi connectivity index (χ3v) is 5.76. The van der Waals surface area contributed by atoms with Crippen molar-refractivity contribution in [3.8, 4) is 17.6 Å². The summed E-state index contributed by atoms with van der Waals surface area (Å²) in [6.45, 7) is 0. The molecule has 0 amide bonds. The number of anilines is 2. The molecule has 0 fully saturated rings. The van der Waals surface area contributed by atoms with E-state index in [-0.39, 0.29) is 5.56 Å². The minimum Gasteiger partial charge on any atom is -0.496 e. The monoisotopic (exact) mass is 457 g/mol. The first-order valence-electron chi connectivity index (χ1n) is 9.91. The Bertz CT molecular complexity index is 1420. The lowest BCUT2D eigenvalue weighted by molar-refractivity contribution is 0.0697. The van der Waals surface area contributed by atoms with E-state index >= 15 is 0 Å². The van der Waals surface area contributed by atoms with Gasteiger partial charge in [0.1, 0.15) is 5.75 Å². The summed E-state index contributed by atoms with van der Waals surface area (Å²) in [6.07, 6.45) is 0. The van der Waals surface area contributed by atoms with E-state index in [4.69, 9.17) is 9.84 Å². The topological polar surface area (TPSA) is 87.1 Å². The molecule has 0 aromatic heterocycles. The Kier molecular flexibility index (Phi) is 6.41. The van der Waals surface area contributed by atoms with E-state index in [1.807, 2.05) is 24.3 Å². The van der Waals surface area contributed by atoms with E-state index in [0.29, 0.717) is 28.3 Å². The Balaban J connectivity index is 1.82. The molecule has 0 aliphatic heterocycles. The summed E-state index contributed by atoms with van der Waals surface area (Å²) in [7, 11) is 1.58. The van der Waals surface area contributed by atoms with Gasteiger partial charge in [-0.1, -0.05) is 48.2 Å². The van der Waals surface area contributed by atoms with Crippen LogP contribution in [0.4, 0.5) is 11.4 Å². The lowest BCUT2D eigenvalue weighted by Crippen LogP contribution is -2.20. The number of rotatable bonds is 5. The maximum Gasteiger partial charge on any atom is 0.335 e. The number of carbonyl (C=O) groups is 1. The fourth-order valence-corrected chi connectivity index (χ4v) is 4.16. The molecule has 0 aliphatic carbocycles. The van der Waals surface area contributed by atoms with Crippen LogP contribution in [0, 0.1) is 11.8 Å². The molecule has 164 valence electrons. The molecule has 0 saturated carbocycles. The van der Waals surface area contributed by atoms with Crippen LogP contribution in [0.5, 0.6) is 5.75 Å². The average molecular weight is 458 g/mol. The van der Waals surface area contributed by atoms with Gasteiger partial charge in [-0.05, 0) is 48.5 Å². The molecular formula is C26H19NO5S. The van der Waals surface area contributed by atoms with Gasteiger partial charge < -0.3 is 9.84 Å². The molecule has 1 atom stereocenters. The van der Waals surface area contributed by atoms with Gasteiger partial charge in [0.15, 0.2) is 0 Å². The van der Waals surface area contributed by atoms with Crippen molar-refractivity contribution in [2.75, 3.05) is 11.4 Å². The zero-order chi connectivity index (χ0) is 23.4. The Morgan fingerprint density at radius 1 is 0.848 bits per heavy atom. The maximum absolute atomic E-state index is 12.5. The number of hydrogen-bond acceptors (Lipinski definition) is 3. The van der Waals surface area contributed by atoms with Crippen LogP contribution in [-0.4, -0.2) is 26.9 Å². The number of hydrogen-bond donors (Lipinski definition) is 2. The van der Waals surface area contributed by atoms with Crippen LogP contribution in [0.2, 0.25) is 0 Å². The second-order valence-electron chi connectivity index (χ2n) is 7.01.